The monoisotopic (exact) mass is 193 g/mol. The van der Waals surface area contributed by atoms with Crippen molar-refractivity contribution < 1.29 is 9.57 Å². The third kappa shape index (κ3) is 1.49. The summed E-state index contributed by atoms with van der Waals surface area (Å²) < 4.78 is 5.41. The van der Waals surface area contributed by atoms with E-state index < -0.39 is 0 Å². The lowest BCUT2D eigenvalue weighted by Gasteiger charge is -2.12. The van der Waals surface area contributed by atoms with Crippen molar-refractivity contribution in [1.29, 1.82) is 0 Å². The van der Waals surface area contributed by atoms with Crippen LogP contribution in [0.3, 0.4) is 0 Å². The van der Waals surface area contributed by atoms with Gasteiger partial charge in [-0.05, 0) is 30.4 Å². The Hall–Kier alpha value is -1.06. The topological polar surface area (TPSA) is 44.5 Å². The van der Waals surface area contributed by atoms with Gasteiger partial charge in [0.2, 0.25) is 0 Å². The van der Waals surface area contributed by atoms with Crippen LogP contribution < -0.4 is 10.6 Å². The van der Waals surface area contributed by atoms with Gasteiger partial charge in [-0.3, -0.25) is 4.84 Å². The average Bonchev–Trinajstić information content (AvgIpc) is 2.66. The second-order valence-corrected chi connectivity index (χ2v) is 3.56. The fourth-order valence-electron chi connectivity index (χ4n) is 2.14. The lowest BCUT2D eigenvalue weighted by atomic mass is 10.0. The van der Waals surface area contributed by atoms with Crippen LogP contribution in [0.25, 0.3) is 0 Å². The molecule has 3 nitrogen and oxygen atoms in total. The molecular formula is C11H15NO2. The molecule has 1 aromatic carbocycles. The summed E-state index contributed by atoms with van der Waals surface area (Å²) in [4.78, 5) is 4.65. The van der Waals surface area contributed by atoms with Crippen LogP contribution in [0.4, 0.5) is 0 Å². The van der Waals surface area contributed by atoms with Gasteiger partial charge in [-0.2, -0.15) is 0 Å². The van der Waals surface area contributed by atoms with E-state index in [1.807, 2.05) is 6.07 Å². The number of nitrogens with two attached hydrogens (primary N) is 1. The van der Waals surface area contributed by atoms with Crippen molar-refractivity contribution >= 4 is 0 Å². The standard InChI is InChI=1S/C11H15NO2/c1-13-11-9(7-14-12)6-5-8-3-2-4-10(8)11/h5-6H,2-4,7,12H2,1H3. The normalized spacial score (nSPS) is 14.1. The average molecular weight is 193 g/mol. The van der Waals surface area contributed by atoms with Gasteiger partial charge in [0.15, 0.2) is 0 Å². The number of hydrogen-bond acceptors (Lipinski definition) is 3. The van der Waals surface area contributed by atoms with Crippen LogP contribution in [0.5, 0.6) is 5.75 Å². The molecule has 0 unspecified atom stereocenters. The van der Waals surface area contributed by atoms with Gasteiger partial charge in [0.05, 0.1) is 13.7 Å². The molecule has 0 aromatic heterocycles. The second kappa shape index (κ2) is 3.98. The SMILES string of the molecule is COc1c(CON)ccc2c1CCC2. The highest BCUT2D eigenvalue weighted by Crippen LogP contribution is 2.33. The summed E-state index contributed by atoms with van der Waals surface area (Å²) >= 11 is 0. The van der Waals surface area contributed by atoms with Crippen molar-refractivity contribution in [2.75, 3.05) is 7.11 Å². The summed E-state index contributed by atoms with van der Waals surface area (Å²) in [6.45, 7) is 0.413. The van der Waals surface area contributed by atoms with Gasteiger partial charge in [0.25, 0.3) is 0 Å². The molecular weight excluding hydrogens is 178 g/mol. The predicted molar refractivity (Wildman–Crippen MR) is 54.0 cm³/mol. The molecule has 14 heavy (non-hydrogen) atoms. The van der Waals surface area contributed by atoms with Crippen LogP contribution in [0.1, 0.15) is 23.1 Å². The molecule has 0 bridgehead atoms. The van der Waals surface area contributed by atoms with E-state index in [-0.39, 0.29) is 0 Å². The molecule has 0 aliphatic heterocycles. The van der Waals surface area contributed by atoms with Crippen LogP contribution in [0.15, 0.2) is 12.1 Å². The van der Waals surface area contributed by atoms with E-state index in [2.05, 4.69) is 10.9 Å². The van der Waals surface area contributed by atoms with Gasteiger partial charge in [0, 0.05) is 5.56 Å². The van der Waals surface area contributed by atoms with E-state index in [4.69, 9.17) is 10.6 Å². The fourth-order valence-corrected chi connectivity index (χ4v) is 2.14. The molecule has 2 N–H and O–H groups in total. The third-order valence-corrected chi connectivity index (χ3v) is 2.75. The highest BCUT2D eigenvalue weighted by Gasteiger charge is 2.18. The lowest BCUT2D eigenvalue weighted by molar-refractivity contribution is 0.122. The number of rotatable bonds is 3. The van der Waals surface area contributed by atoms with Gasteiger partial charge < -0.3 is 4.74 Å². The molecule has 2 rings (SSSR count). The van der Waals surface area contributed by atoms with Crippen molar-refractivity contribution in [3.63, 3.8) is 0 Å². The number of aryl methyl sites for hydroxylation is 1. The molecule has 0 spiro atoms. The summed E-state index contributed by atoms with van der Waals surface area (Å²) in [7, 11) is 1.70. The van der Waals surface area contributed by atoms with Gasteiger partial charge in [-0.1, -0.05) is 12.1 Å². The maximum absolute atomic E-state index is 5.41. The summed E-state index contributed by atoms with van der Waals surface area (Å²) in [6, 6.07) is 4.19. The molecule has 3 heteroatoms. The molecule has 0 heterocycles. The second-order valence-electron chi connectivity index (χ2n) is 3.56. The Morgan fingerprint density at radius 1 is 1.36 bits per heavy atom. The molecule has 0 radical (unpaired) electrons. The van der Waals surface area contributed by atoms with E-state index in [1.165, 1.54) is 17.5 Å². The molecule has 1 aliphatic rings. The Labute approximate surface area is 83.8 Å². The number of hydrogen-bond donors (Lipinski definition) is 1. The predicted octanol–water partition coefficient (Wildman–Crippen LogP) is 1.57. The minimum Gasteiger partial charge on any atom is -0.496 e. The van der Waals surface area contributed by atoms with Crippen LogP contribution in [0.2, 0.25) is 0 Å². The van der Waals surface area contributed by atoms with E-state index >= 15 is 0 Å². The molecule has 0 atom stereocenters. The van der Waals surface area contributed by atoms with Gasteiger partial charge in [-0.15, -0.1) is 0 Å². The molecule has 1 aromatic rings. The van der Waals surface area contributed by atoms with Crippen molar-refractivity contribution in [2.45, 2.75) is 25.9 Å². The highest BCUT2D eigenvalue weighted by molar-refractivity contribution is 5.48. The number of methoxy groups -OCH3 is 1. The van der Waals surface area contributed by atoms with Crippen molar-refractivity contribution in [3.8, 4) is 5.75 Å². The van der Waals surface area contributed by atoms with Gasteiger partial charge in [0.1, 0.15) is 5.75 Å². The Morgan fingerprint density at radius 2 is 2.21 bits per heavy atom. The highest BCUT2D eigenvalue weighted by atomic mass is 16.6. The quantitative estimate of drug-likeness (QED) is 0.741. The maximum atomic E-state index is 5.41. The van der Waals surface area contributed by atoms with Crippen LogP contribution in [-0.4, -0.2) is 7.11 Å². The Morgan fingerprint density at radius 3 is 2.93 bits per heavy atom. The first-order chi connectivity index (χ1) is 6.86. The van der Waals surface area contributed by atoms with Gasteiger partial charge >= 0.3 is 0 Å². The van der Waals surface area contributed by atoms with Crippen LogP contribution >= 0.6 is 0 Å². The zero-order valence-electron chi connectivity index (χ0n) is 8.38. The zero-order valence-corrected chi connectivity index (χ0v) is 8.38. The summed E-state index contributed by atoms with van der Waals surface area (Å²) in [5.74, 6) is 6.04. The summed E-state index contributed by atoms with van der Waals surface area (Å²) in [5, 5.41) is 0. The van der Waals surface area contributed by atoms with E-state index in [0.717, 1.165) is 24.2 Å². The number of fused-ring (bicyclic) bond motifs is 1. The number of ether oxygens (including phenoxy) is 1. The Balaban J connectivity index is 2.43. The largest absolute Gasteiger partial charge is 0.496 e. The van der Waals surface area contributed by atoms with Crippen LogP contribution in [-0.2, 0) is 24.3 Å². The molecule has 1 aliphatic carbocycles. The lowest BCUT2D eigenvalue weighted by Crippen LogP contribution is -2.03. The molecule has 76 valence electrons. The van der Waals surface area contributed by atoms with Crippen molar-refractivity contribution in [1.82, 2.24) is 0 Å². The summed E-state index contributed by atoms with van der Waals surface area (Å²) in [6.07, 6.45) is 3.49. The Kier molecular flexibility index (Phi) is 2.70. The zero-order chi connectivity index (χ0) is 9.97. The molecule has 0 saturated heterocycles. The van der Waals surface area contributed by atoms with E-state index in [9.17, 15) is 0 Å². The van der Waals surface area contributed by atoms with Crippen molar-refractivity contribution in [2.24, 2.45) is 5.90 Å². The molecule has 0 saturated carbocycles. The first-order valence-electron chi connectivity index (χ1n) is 4.86. The Bertz CT molecular complexity index is 336. The molecule has 0 amide bonds. The molecule has 0 fully saturated rings. The first kappa shape index (κ1) is 9.49. The summed E-state index contributed by atoms with van der Waals surface area (Å²) in [5.41, 5.74) is 3.78. The minimum atomic E-state index is 0.413. The van der Waals surface area contributed by atoms with Crippen molar-refractivity contribution in [3.05, 3.63) is 28.8 Å². The first-order valence-corrected chi connectivity index (χ1v) is 4.86. The minimum absolute atomic E-state index is 0.413. The maximum Gasteiger partial charge on any atom is 0.127 e. The van der Waals surface area contributed by atoms with E-state index in [1.54, 1.807) is 7.11 Å². The van der Waals surface area contributed by atoms with E-state index in [0.29, 0.717) is 6.61 Å². The number of benzene rings is 1. The van der Waals surface area contributed by atoms with Gasteiger partial charge in [-0.25, -0.2) is 5.90 Å². The smallest absolute Gasteiger partial charge is 0.127 e. The fraction of sp³-hybridized carbons (Fsp3) is 0.455. The van der Waals surface area contributed by atoms with Crippen LogP contribution in [0, 0.1) is 0 Å². The third-order valence-electron chi connectivity index (χ3n) is 2.75.